The Labute approximate surface area is 77.4 Å². The Hall–Kier alpha value is -0.830. The Bertz CT molecular complexity index is 235. The summed E-state index contributed by atoms with van der Waals surface area (Å²) in [6.07, 6.45) is 3.50. The van der Waals surface area contributed by atoms with Gasteiger partial charge in [0.05, 0.1) is 5.88 Å². The lowest BCUT2D eigenvalue weighted by Gasteiger charge is -2.13. The molecule has 1 rings (SSSR count). The molecule has 0 unspecified atom stereocenters. The average Bonchev–Trinajstić information content (AvgIpc) is 2.17. The van der Waals surface area contributed by atoms with Gasteiger partial charge in [0.25, 0.3) is 0 Å². The van der Waals surface area contributed by atoms with Crippen LogP contribution in [-0.2, 0) is 5.88 Å². The van der Waals surface area contributed by atoms with Crippen LogP contribution in [0.3, 0.4) is 0 Å². The third-order valence-electron chi connectivity index (χ3n) is 1.66. The van der Waals surface area contributed by atoms with Crippen molar-refractivity contribution in [1.82, 2.24) is 9.97 Å². The lowest BCUT2D eigenvalue weighted by molar-refractivity contribution is 0.896. The van der Waals surface area contributed by atoms with E-state index in [1.165, 1.54) is 0 Å². The first-order valence-electron chi connectivity index (χ1n) is 3.86. The quantitative estimate of drug-likeness (QED) is 0.671. The summed E-state index contributed by atoms with van der Waals surface area (Å²) in [6.45, 7) is 2.96. The molecule has 0 N–H and O–H groups in total. The Morgan fingerprint density at radius 3 is 2.42 bits per heavy atom. The van der Waals surface area contributed by atoms with Gasteiger partial charge in [0.15, 0.2) is 0 Å². The zero-order chi connectivity index (χ0) is 8.97. The highest BCUT2D eigenvalue weighted by molar-refractivity contribution is 6.17. The molecule has 0 atom stereocenters. The Morgan fingerprint density at radius 2 is 2.00 bits per heavy atom. The van der Waals surface area contributed by atoms with Gasteiger partial charge in [-0.05, 0) is 6.92 Å². The van der Waals surface area contributed by atoms with Gasteiger partial charge in [0.1, 0.15) is 0 Å². The van der Waals surface area contributed by atoms with E-state index in [1.807, 2.05) is 11.9 Å². The molecular formula is C8H12ClN3. The van der Waals surface area contributed by atoms with Crippen LogP contribution in [0, 0.1) is 0 Å². The number of hydrogen-bond donors (Lipinski definition) is 0. The summed E-state index contributed by atoms with van der Waals surface area (Å²) >= 11 is 5.60. The molecule has 0 fully saturated rings. The van der Waals surface area contributed by atoms with E-state index in [1.54, 1.807) is 12.4 Å². The molecule has 4 heteroatoms. The van der Waals surface area contributed by atoms with Crippen LogP contribution in [0.4, 0.5) is 5.95 Å². The average molecular weight is 186 g/mol. The van der Waals surface area contributed by atoms with Crippen molar-refractivity contribution in [1.29, 1.82) is 0 Å². The van der Waals surface area contributed by atoms with Crippen molar-refractivity contribution in [3.8, 4) is 0 Å². The molecule has 0 saturated carbocycles. The molecule has 12 heavy (non-hydrogen) atoms. The van der Waals surface area contributed by atoms with Gasteiger partial charge in [-0.15, -0.1) is 11.6 Å². The van der Waals surface area contributed by atoms with Crippen LogP contribution in [0.25, 0.3) is 0 Å². The Kier molecular flexibility index (Phi) is 3.29. The molecule has 1 heterocycles. The third-order valence-corrected chi connectivity index (χ3v) is 1.97. The lowest BCUT2D eigenvalue weighted by Crippen LogP contribution is -2.18. The highest BCUT2D eigenvalue weighted by Crippen LogP contribution is 2.05. The predicted octanol–water partition coefficient (Wildman–Crippen LogP) is 1.67. The molecule has 0 aliphatic heterocycles. The van der Waals surface area contributed by atoms with Crippen molar-refractivity contribution < 1.29 is 0 Å². The summed E-state index contributed by atoms with van der Waals surface area (Å²) in [7, 11) is 1.95. The first-order chi connectivity index (χ1) is 5.77. The van der Waals surface area contributed by atoms with E-state index in [2.05, 4.69) is 16.9 Å². The van der Waals surface area contributed by atoms with Crippen molar-refractivity contribution >= 4 is 17.5 Å². The fraction of sp³-hybridized carbons (Fsp3) is 0.500. The van der Waals surface area contributed by atoms with E-state index in [4.69, 9.17) is 11.6 Å². The van der Waals surface area contributed by atoms with E-state index in [-0.39, 0.29) is 0 Å². The SMILES string of the molecule is CCN(C)c1ncc(CCl)cn1. The minimum atomic E-state index is 0.468. The van der Waals surface area contributed by atoms with Crippen LogP contribution in [-0.4, -0.2) is 23.6 Å². The zero-order valence-electron chi connectivity index (χ0n) is 7.29. The fourth-order valence-electron chi connectivity index (χ4n) is 0.756. The predicted molar refractivity (Wildman–Crippen MR) is 50.5 cm³/mol. The first-order valence-corrected chi connectivity index (χ1v) is 4.39. The largest absolute Gasteiger partial charge is 0.344 e. The number of anilines is 1. The summed E-state index contributed by atoms with van der Waals surface area (Å²) < 4.78 is 0. The summed E-state index contributed by atoms with van der Waals surface area (Å²) in [5, 5.41) is 0. The second kappa shape index (κ2) is 4.26. The number of aromatic nitrogens is 2. The number of hydrogen-bond acceptors (Lipinski definition) is 3. The summed E-state index contributed by atoms with van der Waals surface area (Å²) in [5.41, 5.74) is 0.949. The topological polar surface area (TPSA) is 29.0 Å². The molecule has 0 spiro atoms. The van der Waals surface area contributed by atoms with E-state index in [0.717, 1.165) is 18.1 Å². The van der Waals surface area contributed by atoms with E-state index in [9.17, 15) is 0 Å². The second-order valence-electron chi connectivity index (χ2n) is 2.54. The highest BCUT2D eigenvalue weighted by atomic mass is 35.5. The maximum Gasteiger partial charge on any atom is 0.224 e. The normalized spacial score (nSPS) is 9.92. The minimum Gasteiger partial charge on any atom is -0.344 e. The first kappa shape index (κ1) is 9.26. The summed E-state index contributed by atoms with van der Waals surface area (Å²) in [6, 6.07) is 0. The molecule has 0 radical (unpaired) electrons. The van der Waals surface area contributed by atoms with Gasteiger partial charge in [-0.3, -0.25) is 0 Å². The van der Waals surface area contributed by atoms with Crippen molar-refractivity contribution in [2.24, 2.45) is 0 Å². The molecule has 66 valence electrons. The molecule has 0 bridgehead atoms. The molecule has 0 aromatic carbocycles. The maximum atomic E-state index is 5.60. The zero-order valence-corrected chi connectivity index (χ0v) is 8.04. The standard InChI is InChI=1S/C8H12ClN3/c1-3-12(2)8-10-5-7(4-9)6-11-8/h5-6H,3-4H2,1-2H3. The van der Waals surface area contributed by atoms with Gasteiger partial charge in [-0.25, -0.2) is 9.97 Å². The van der Waals surface area contributed by atoms with Gasteiger partial charge >= 0.3 is 0 Å². The van der Waals surface area contributed by atoms with Crippen molar-refractivity contribution in [2.45, 2.75) is 12.8 Å². The molecule has 0 aliphatic carbocycles. The number of halogens is 1. The van der Waals surface area contributed by atoms with Gasteiger partial charge in [-0.2, -0.15) is 0 Å². The smallest absolute Gasteiger partial charge is 0.224 e. The molecule has 0 saturated heterocycles. The van der Waals surface area contributed by atoms with E-state index in [0.29, 0.717) is 5.88 Å². The summed E-state index contributed by atoms with van der Waals surface area (Å²) in [4.78, 5) is 10.3. The van der Waals surface area contributed by atoms with E-state index >= 15 is 0 Å². The number of alkyl halides is 1. The molecule has 1 aromatic heterocycles. The van der Waals surface area contributed by atoms with Gasteiger partial charge < -0.3 is 4.90 Å². The molecule has 1 aromatic rings. The Morgan fingerprint density at radius 1 is 1.42 bits per heavy atom. The molecule has 3 nitrogen and oxygen atoms in total. The van der Waals surface area contributed by atoms with Crippen LogP contribution in [0.15, 0.2) is 12.4 Å². The maximum absolute atomic E-state index is 5.60. The molecular weight excluding hydrogens is 174 g/mol. The van der Waals surface area contributed by atoms with E-state index < -0.39 is 0 Å². The fourth-order valence-corrected chi connectivity index (χ4v) is 0.894. The molecule has 0 aliphatic rings. The highest BCUT2D eigenvalue weighted by Gasteiger charge is 2.00. The van der Waals surface area contributed by atoms with Gasteiger partial charge in [-0.1, -0.05) is 0 Å². The van der Waals surface area contributed by atoms with Crippen molar-refractivity contribution in [3.63, 3.8) is 0 Å². The van der Waals surface area contributed by atoms with Gasteiger partial charge in [0.2, 0.25) is 5.95 Å². The van der Waals surface area contributed by atoms with Crippen molar-refractivity contribution in [2.75, 3.05) is 18.5 Å². The number of nitrogens with zero attached hydrogens (tertiary/aromatic N) is 3. The van der Waals surface area contributed by atoms with Crippen LogP contribution >= 0.6 is 11.6 Å². The van der Waals surface area contributed by atoms with Crippen LogP contribution < -0.4 is 4.90 Å². The second-order valence-corrected chi connectivity index (χ2v) is 2.81. The van der Waals surface area contributed by atoms with Crippen LogP contribution in [0.1, 0.15) is 12.5 Å². The number of rotatable bonds is 3. The van der Waals surface area contributed by atoms with Crippen LogP contribution in [0.5, 0.6) is 0 Å². The lowest BCUT2D eigenvalue weighted by atomic mass is 10.4. The Balaban J connectivity index is 2.77. The third kappa shape index (κ3) is 2.08. The minimum absolute atomic E-state index is 0.468. The monoisotopic (exact) mass is 185 g/mol. The van der Waals surface area contributed by atoms with Gasteiger partial charge in [0, 0.05) is 31.5 Å². The van der Waals surface area contributed by atoms with Crippen LogP contribution in [0.2, 0.25) is 0 Å². The molecule has 0 amide bonds. The van der Waals surface area contributed by atoms with Crippen molar-refractivity contribution in [3.05, 3.63) is 18.0 Å². The summed E-state index contributed by atoms with van der Waals surface area (Å²) in [5.74, 6) is 1.21.